The van der Waals surface area contributed by atoms with Gasteiger partial charge in [0.1, 0.15) is 0 Å². The first-order valence-electron chi connectivity index (χ1n) is 0.894. The fraction of sp³-hybridized carbons (Fsp3) is 0. The van der Waals surface area contributed by atoms with Crippen LogP contribution in [0.2, 0.25) is 0 Å². The van der Waals surface area contributed by atoms with E-state index in [1.165, 1.54) is 0 Å². The fourth-order valence-corrected chi connectivity index (χ4v) is 0. The number of rotatable bonds is 0. The van der Waals surface area contributed by atoms with E-state index in [0.29, 0.717) is 0 Å². The molecule has 0 aromatic carbocycles. The van der Waals surface area contributed by atoms with Gasteiger partial charge in [-0.05, 0) is 0 Å². The normalized spacial score (nSPS) is 7.50. The molecule has 0 amide bonds. The Labute approximate surface area is 114 Å². The Kier molecular flexibility index (Phi) is 27.1. The fourth-order valence-electron chi connectivity index (χ4n) is 0. The monoisotopic (exact) mass is 172 g/mol. The van der Waals surface area contributed by atoms with Crippen LogP contribution in [0, 0.1) is 0 Å². The molecule has 0 aliphatic rings. The summed E-state index contributed by atoms with van der Waals surface area (Å²) in [5.74, 6) is 0. The predicted octanol–water partition coefficient (Wildman–Crippen LogP) is -5.80. The molecule has 0 aliphatic carbocycles. The zero-order chi connectivity index (χ0) is 4.50. The van der Waals surface area contributed by atoms with Crippen LogP contribution in [0.1, 0.15) is 7.13 Å². The van der Waals surface area contributed by atoms with Crippen LogP contribution in [0.25, 0.3) is 0 Å². The smallest absolute Gasteiger partial charge is 1.00 e. The maximum absolute atomic E-state index is 7.33. The van der Waals surface area contributed by atoms with Crippen LogP contribution in [-0.2, 0) is 0 Å². The second-order valence-electron chi connectivity index (χ2n) is 0.600. The van der Waals surface area contributed by atoms with Crippen molar-refractivity contribution in [3.8, 4) is 0 Å². The molecule has 0 atom stereocenters. The first kappa shape index (κ1) is 22.4. The van der Waals surface area contributed by atoms with Crippen LogP contribution >= 0.6 is 0 Å². The van der Waals surface area contributed by atoms with E-state index >= 15 is 0 Å². The van der Waals surface area contributed by atoms with E-state index in [2.05, 4.69) is 0 Å². The molecular formula is H9CaLiMgO4Si. The molecule has 0 spiro atoms. The summed E-state index contributed by atoms with van der Waals surface area (Å²) in [4.78, 5) is 29.3. The summed E-state index contributed by atoms with van der Waals surface area (Å²) in [5.41, 5.74) is 0. The molecule has 0 aromatic rings. The van der Waals surface area contributed by atoms with Crippen molar-refractivity contribution in [1.29, 1.82) is 0 Å². The number of hydrogen-bond donors (Lipinski definition) is 4. The molecule has 42 valence electrons. The molecule has 8 heavy (non-hydrogen) atoms. The van der Waals surface area contributed by atoms with Gasteiger partial charge in [-0.15, -0.1) is 0 Å². The minimum atomic E-state index is -4.61. The van der Waals surface area contributed by atoms with Gasteiger partial charge in [-0.1, -0.05) is 0 Å². The van der Waals surface area contributed by atoms with Crippen LogP contribution in [0.4, 0.5) is 0 Å². The van der Waals surface area contributed by atoms with E-state index in [0.717, 1.165) is 0 Å². The van der Waals surface area contributed by atoms with Crippen LogP contribution < -0.4 is 18.9 Å². The second-order valence-corrected chi connectivity index (χ2v) is 1.80. The molecule has 4 nitrogen and oxygen atoms in total. The average Bonchev–Trinajstić information content (AvgIpc) is 0.722. The maximum Gasteiger partial charge on any atom is 2.00 e. The molecule has 8 heteroatoms. The molecule has 0 rings (SSSR count). The summed E-state index contributed by atoms with van der Waals surface area (Å²) in [6.07, 6.45) is 0. The standard InChI is InChI=1S/Ca.Li.Mg.H4O4Si.5H/c;;;1-5(2,3)4;;;;;/h;;;1-4H;;;;;/q+2;+1;+2;;5*-1. The van der Waals surface area contributed by atoms with Crippen LogP contribution in [0.15, 0.2) is 0 Å². The largest absolute Gasteiger partial charge is 2.00 e. The van der Waals surface area contributed by atoms with E-state index in [1.807, 2.05) is 0 Å². The molecule has 0 fully saturated rings. The third-order valence-electron chi connectivity index (χ3n) is 0. The van der Waals surface area contributed by atoms with Crippen molar-refractivity contribution in [2.45, 2.75) is 0 Å². The van der Waals surface area contributed by atoms with E-state index in [9.17, 15) is 0 Å². The molecule has 0 bridgehead atoms. The SMILES string of the molecule is O[Si](O)(O)O.[Ca+2].[H-].[H-].[H-].[H-].[H-].[Li+].[Mg+2]. The van der Waals surface area contributed by atoms with Gasteiger partial charge in [0.2, 0.25) is 0 Å². The van der Waals surface area contributed by atoms with Crippen LogP contribution in [0.5, 0.6) is 0 Å². The van der Waals surface area contributed by atoms with Crippen molar-refractivity contribution in [3.05, 3.63) is 0 Å². The van der Waals surface area contributed by atoms with E-state index in [-0.39, 0.29) is 86.8 Å². The Balaban J connectivity index is -0.00000000286. The topological polar surface area (TPSA) is 80.9 Å². The first-order chi connectivity index (χ1) is 2.00. The van der Waals surface area contributed by atoms with E-state index < -0.39 is 9.05 Å². The minimum Gasteiger partial charge on any atom is -1.00 e. The maximum atomic E-state index is 7.33. The molecule has 0 aliphatic heterocycles. The van der Waals surface area contributed by atoms with Crippen molar-refractivity contribution in [2.75, 3.05) is 0 Å². The molecule has 0 heterocycles. The van der Waals surface area contributed by atoms with Gasteiger partial charge in [-0.2, -0.15) is 0 Å². The Morgan fingerprint density at radius 2 is 1.00 bits per heavy atom. The third kappa shape index (κ3) is 71.3. The Hall–Kier alpha value is 2.68. The minimum absolute atomic E-state index is 0. The van der Waals surface area contributed by atoms with Gasteiger partial charge in [-0.3, -0.25) is 0 Å². The van der Waals surface area contributed by atoms with Crippen molar-refractivity contribution in [2.24, 2.45) is 0 Å². The zero-order valence-electron chi connectivity index (χ0n) is 9.70. The molecule has 0 saturated heterocycles. The molecular weight excluding hydrogens is 163 g/mol. The third-order valence-corrected chi connectivity index (χ3v) is 0. The van der Waals surface area contributed by atoms with Gasteiger partial charge in [-0.25, -0.2) is 0 Å². The Morgan fingerprint density at radius 1 is 1.00 bits per heavy atom. The Morgan fingerprint density at radius 3 is 1.00 bits per heavy atom. The summed E-state index contributed by atoms with van der Waals surface area (Å²) in [6.45, 7) is 0. The van der Waals surface area contributed by atoms with Gasteiger partial charge in [0, 0.05) is 0 Å². The summed E-state index contributed by atoms with van der Waals surface area (Å²) in [5, 5.41) is 0. The van der Waals surface area contributed by atoms with Crippen molar-refractivity contribution in [1.82, 2.24) is 0 Å². The average molecular weight is 172 g/mol. The molecule has 4 N–H and O–H groups in total. The second kappa shape index (κ2) is 9.68. The Bertz CT molecular complexity index is 44.0. The van der Waals surface area contributed by atoms with Crippen LogP contribution in [0.3, 0.4) is 0 Å². The van der Waals surface area contributed by atoms with Gasteiger partial charge < -0.3 is 26.3 Å². The summed E-state index contributed by atoms with van der Waals surface area (Å²) in [7, 11) is -4.61. The van der Waals surface area contributed by atoms with Crippen molar-refractivity contribution < 1.29 is 45.2 Å². The van der Waals surface area contributed by atoms with Gasteiger partial charge in [0.05, 0.1) is 0 Å². The molecule has 0 unspecified atom stereocenters. The summed E-state index contributed by atoms with van der Waals surface area (Å²) in [6, 6.07) is 0. The van der Waals surface area contributed by atoms with Gasteiger partial charge in [0.25, 0.3) is 0 Å². The molecule has 0 saturated carbocycles. The first-order valence-corrected chi connectivity index (χ1v) is 2.68. The van der Waals surface area contributed by atoms with Crippen LogP contribution in [-0.4, -0.2) is 89.0 Å². The van der Waals surface area contributed by atoms with E-state index in [1.54, 1.807) is 0 Å². The van der Waals surface area contributed by atoms with Gasteiger partial charge in [0.15, 0.2) is 0 Å². The molecule has 0 radical (unpaired) electrons. The summed E-state index contributed by atoms with van der Waals surface area (Å²) >= 11 is 0. The quantitative estimate of drug-likeness (QED) is 0.275. The predicted molar refractivity (Wildman–Crippen MR) is 31.7 cm³/mol. The molecule has 0 aromatic heterocycles. The number of hydrogen-bond acceptors (Lipinski definition) is 4. The summed E-state index contributed by atoms with van der Waals surface area (Å²) < 4.78 is 0. The van der Waals surface area contributed by atoms with Crippen molar-refractivity contribution in [3.63, 3.8) is 0 Å². The van der Waals surface area contributed by atoms with E-state index in [4.69, 9.17) is 19.2 Å². The van der Waals surface area contributed by atoms with Crippen molar-refractivity contribution >= 4 is 69.8 Å². The zero-order valence-corrected chi connectivity index (χ0v) is 9.33. The van der Waals surface area contributed by atoms with Gasteiger partial charge >= 0.3 is 88.7 Å².